The highest BCUT2D eigenvalue weighted by atomic mass is 16.6. The Morgan fingerprint density at radius 1 is 1.22 bits per heavy atom. The van der Waals surface area contributed by atoms with Crippen molar-refractivity contribution in [2.45, 2.75) is 46.1 Å². The zero-order valence-electron chi connectivity index (χ0n) is 21.9. The highest BCUT2D eigenvalue weighted by molar-refractivity contribution is 5.85. The van der Waals surface area contributed by atoms with Crippen molar-refractivity contribution >= 4 is 23.4 Å². The van der Waals surface area contributed by atoms with Crippen molar-refractivity contribution < 1.29 is 19.1 Å². The SMILES string of the molecule is CC(C)OC(=O)CC1(C)CCN(c2ccc(-c3cc(OC(=O)N(C)C)cn4ncc(C#N)c34)cn2)CC1. The Morgan fingerprint density at radius 2 is 1.95 bits per heavy atom. The molecule has 0 bridgehead atoms. The average molecular weight is 505 g/mol. The maximum Gasteiger partial charge on any atom is 0.414 e. The largest absolute Gasteiger partial charge is 0.463 e. The van der Waals surface area contributed by atoms with Gasteiger partial charge in [0.2, 0.25) is 0 Å². The first kappa shape index (κ1) is 25.9. The van der Waals surface area contributed by atoms with Gasteiger partial charge in [-0.25, -0.2) is 14.3 Å². The second-order valence-corrected chi connectivity index (χ2v) is 10.2. The number of ether oxygens (including phenoxy) is 2. The topological polar surface area (TPSA) is 113 Å². The van der Waals surface area contributed by atoms with E-state index in [4.69, 9.17) is 14.5 Å². The Balaban J connectivity index is 1.54. The first-order valence-corrected chi connectivity index (χ1v) is 12.3. The summed E-state index contributed by atoms with van der Waals surface area (Å²) in [5, 5.41) is 13.8. The summed E-state index contributed by atoms with van der Waals surface area (Å²) >= 11 is 0. The summed E-state index contributed by atoms with van der Waals surface area (Å²) in [5.74, 6) is 1.01. The summed E-state index contributed by atoms with van der Waals surface area (Å²) in [5.41, 5.74) is 2.40. The van der Waals surface area contributed by atoms with Crippen LogP contribution >= 0.6 is 0 Å². The smallest absolute Gasteiger partial charge is 0.414 e. The summed E-state index contributed by atoms with van der Waals surface area (Å²) in [6, 6.07) is 7.78. The molecule has 0 unspecified atom stereocenters. The Morgan fingerprint density at radius 3 is 2.54 bits per heavy atom. The van der Waals surface area contributed by atoms with Gasteiger partial charge in [0.05, 0.1) is 36.0 Å². The predicted molar refractivity (Wildman–Crippen MR) is 138 cm³/mol. The van der Waals surface area contributed by atoms with E-state index in [1.165, 1.54) is 15.6 Å². The van der Waals surface area contributed by atoms with Crippen LogP contribution in [0.5, 0.6) is 5.75 Å². The zero-order valence-corrected chi connectivity index (χ0v) is 21.9. The fourth-order valence-electron chi connectivity index (χ4n) is 4.48. The standard InChI is InChI=1S/C27H32N6O4/c1-18(2)36-24(34)13-27(3)8-10-32(11-9-27)23-7-6-19(15-29-23)22-12-21(37-26(35)31(4)5)17-33-25(22)20(14-28)16-30-33/h6-7,12,15-18H,8-11,13H2,1-5H3. The quantitative estimate of drug-likeness (QED) is 0.457. The van der Waals surface area contributed by atoms with Crippen LogP contribution < -0.4 is 9.64 Å². The number of aromatic nitrogens is 3. The lowest BCUT2D eigenvalue weighted by atomic mass is 9.77. The molecule has 0 saturated carbocycles. The number of fused-ring (bicyclic) bond motifs is 1. The van der Waals surface area contributed by atoms with E-state index < -0.39 is 6.09 Å². The van der Waals surface area contributed by atoms with Crippen LogP contribution in [0.2, 0.25) is 0 Å². The minimum atomic E-state index is -0.513. The van der Waals surface area contributed by atoms with Crippen molar-refractivity contribution in [3.05, 3.63) is 42.4 Å². The maximum absolute atomic E-state index is 12.2. The van der Waals surface area contributed by atoms with Gasteiger partial charge in [-0.15, -0.1) is 0 Å². The highest BCUT2D eigenvalue weighted by Gasteiger charge is 2.33. The molecule has 1 aliphatic rings. The maximum atomic E-state index is 12.2. The molecule has 37 heavy (non-hydrogen) atoms. The number of nitrogens with zero attached hydrogens (tertiary/aromatic N) is 6. The van der Waals surface area contributed by atoms with Crippen LogP contribution in [-0.4, -0.2) is 64.8 Å². The monoisotopic (exact) mass is 504 g/mol. The van der Waals surface area contributed by atoms with Gasteiger partial charge in [-0.2, -0.15) is 10.4 Å². The normalized spacial score (nSPS) is 14.9. The van der Waals surface area contributed by atoms with Gasteiger partial charge in [0.25, 0.3) is 0 Å². The fourth-order valence-corrected chi connectivity index (χ4v) is 4.48. The van der Waals surface area contributed by atoms with Crippen LogP contribution in [0.4, 0.5) is 10.6 Å². The number of carbonyl (C=O) groups excluding carboxylic acids is 2. The van der Waals surface area contributed by atoms with Gasteiger partial charge in [0.1, 0.15) is 11.9 Å². The Hall–Kier alpha value is -4.13. The minimum absolute atomic E-state index is 0.0891. The van der Waals surface area contributed by atoms with Gasteiger partial charge >= 0.3 is 12.1 Å². The van der Waals surface area contributed by atoms with Crippen LogP contribution in [0, 0.1) is 16.7 Å². The summed E-state index contributed by atoms with van der Waals surface area (Å²) in [7, 11) is 3.21. The Labute approximate surface area is 216 Å². The molecule has 1 aliphatic heterocycles. The lowest BCUT2D eigenvalue weighted by molar-refractivity contribution is -0.150. The first-order valence-electron chi connectivity index (χ1n) is 12.3. The van der Waals surface area contributed by atoms with Crippen molar-refractivity contribution in [3.8, 4) is 22.9 Å². The van der Waals surface area contributed by atoms with Crippen LogP contribution in [0.1, 0.15) is 45.6 Å². The third kappa shape index (κ3) is 5.82. The predicted octanol–water partition coefficient (Wildman–Crippen LogP) is 4.28. The third-order valence-electron chi connectivity index (χ3n) is 6.57. The molecule has 0 radical (unpaired) electrons. The number of anilines is 1. The van der Waals surface area contributed by atoms with Gasteiger partial charge in [-0.05, 0) is 50.3 Å². The van der Waals surface area contributed by atoms with E-state index in [1.807, 2.05) is 26.0 Å². The van der Waals surface area contributed by atoms with Crippen LogP contribution in [-0.2, 0) is 9.53 Å². The molecule has 4 heterocycles. The van der Waals surface area contributed by atoms with E-state index in [9.17, 15) is 14.9 Å². The molecule has 4 rings (SSSR count). The molecule has 10 heteroatoms. The van der Waals surface area contributed by atoms with Crippen molar-refractivity contribution in [3.63, 3.8) is 0 Å². The second-order valence-electron chi connectivity index (χ2n) is 10.2. The van der Waals surface area contributed by atoms with Gasteiger partial charge < -0.3 is 19.3 Å². The molecule has 0 aromatic carbocycles. The number of amides is 1. The van der Waals surface area contributed by atoms with E-state index in [2.05, 4.69) is 23.0 Å². The van der Waals surface area contributed by atoms with E-state index >= 15 is 0 Å². The molecule has 0 atom stereocenters. The molecule has 0 spiro atoms. The van der Waals surface area contributed by atoms with E-state index in [-0.39, 0.29) is 17.5 Å². The molecule has 3 aromatic rings. The van der Waals surface area contributed by atoms with Gasteiger partial charge in [0.15, 0.2) is 5.75 Å². The Bertz CT molecular complexity index is 1330. The van der Waals surface area contributed by atoms with Crippen LogP contribution in [0.3, 0.4) is 0 Å². The first-order chi connectivity index (χ1) is 17.6. The number of piperidine rings is 1. The van der Waals surface area contributed by atoms with Crippen LogP contribution in [0.25, 0.3) is 16.6 Å². The average Bonchev–Trinajstić information content (AvgIpc) is 3.26. The molecule has 0 aliphatic carbocycles. The van der Waals surface area contributed by atoms with Gasteiger partial charge in [0, 0.05) is 44.5 Å². The van der Waals surface area contributed by atoms with Crippen molar-refractivity contribution in [1.82, 2.24) is 19.5 Å². The third-order valence-corrected chi connectivity index (χ3v) is 6.57. The summed E-state index contributed by atoms with van der Waals surface area (Å²) < 4.78 is 12.3. The highest BCUT2D eigenvalue weighted by Crippen LogP contribution is 2.37. The van der Waals surface area contributed by atoms with Crippen molar-refractivity contribution in [1.29, 1.82) is 5.26 Å². The molecule has 1 fully saturated rings. The summed E-state index contributed by atoms with van der Waals surface area (Å²) in [6.45, 7) is 7.45. The van der Waals surface area contributed by atoms with Crippen molar-refractivity contribution in [2.24, 2.45) is 5.41 Å². The molecular formula is C27H32N6O4. The molecule has 1 amide bonds. The number of rotatable bonds is 6. The van der Waals surface area contributed by atoms with E-state index in [0.29, 0.717) is 28.8 Å². The van der Waals surface area contributed by atoms with Gasteiger partial charge in [-0.3, -0.25) is 4.79 Å². The lowest BCUT2D eigenvalue weighted by Crippen LogP contribution is -2.40. The molecule has 194 valence electrons. The number of pyridine rings is 2. The number of carbonyl (C=O) groups is 2. The number of hydrogen-bond donors (Lipinski definition) is 0. The lowest BCUT2D eigenvalue weighted by Gasteiger charge is -2.39. The van der Waals surface area contributed by atoms with Crippen molar-refractivity contribution in [2.75, 3.05) is 32.1 Å². The summed E-state index contributed by atoms with van der Waals surface area (Å²) in [4.78, 5) is 32.5. The Kier molecular flexibility index (Phi) is 7.34. The second kappa shape index (κ2) is 10.5. The van der Waals surface area contributed by atoms with E-state index in [1.54, 1.807) is 32.6 Å². The van der Waals surface area contributed by atoms with E-state index in [0.717, 1.165) is 37.3 Å². The zero-order chi connectivity index (χ0) is 26.7. The summed E-state index contributed by atoms with van der Waals surface area (Å²) in [6.07, 6.45) is 6.35. The minimum Gasteiger partial charge on any atom is -0.463 e. The van der Waals surface area contributed by atoms with Crippen LogP contribution in [0.15, 0.2) is 36.8 Å². The number of esters is 1. The van der Waals surface area contributed by atoms with Gasteiger partial charge in [-0.1, -0.05) is 6.92 Å². The molecule has 1 saturated heterocycles. The fraction of sp³-hybridized carbons (Fsp3) is 0.444. The number of nitriles is 1. The number of hydrogen-bond acceptors (Lipinski definition) is 8. The molecule has 0 N–H and O–H groups in total. The molecular weight excluding hydrogens is 472 g/mol. The molecule has 10 nitrogen and oxygen atoms in total. The molecule has 3 aromatic heterocycles.